The Morgan fingerprint density at radius 3 is 2.10 bits per heavy atom. The lowest BCUT2D eigenvalue weighted by molar-refractivity contribution is -0.134. The maximum Gasteiger partial charge on any atom is 0.604 e. The number of unbranched alkanes of at least 4 members (excludes halogenated alkanes) is 3. The van der Waals surface area contributed by atoms with Gasteiger partial charge in [-0.15, -0.1) is 0 Å². The summed E-state index contributed by atoms with van der Waals surface area (Å²) < 4.78 is 54.5. The van der Waals surface area contributed by atoms with Crippen LogP contribution in [0.25, 0.3) is 0 Å². The Balaban J connectivity index is 1.63. The number of benzene rings is 1. The molecule has 2 unspecified atom stereocenters. The van der Waals surface area contributed by atoms with E-state index < -0.39 is 39.6 Å². The largest absolute Gasteiger partial charge is 0.604 e. The van der Waals surface area contributed by atoms with Gasteiger partial charge in [0.15, 0.2) is 5.78 Å². The predicted octanol–water partition coefficient (Wildman–Crippen LogP) is 5.17. The minimum atomic E-state index is -4.08. The van der Waals surface area contributed by atoms with Crippen LogP contribution in [0.5, 0.6) is 0 Å². The zero-order chi connectivity index (χ0) is 35.0. The first-order valence-corrected chi connectivity index (χ1v) is 18.9. The van der Waals surface area contributed by atoms with Crippen molar-refractivity contribution >= 4 is 33.1 Å². The number of nitrogens with zero attached hydrogens (tertiary/aromatic N) is 1. The van der Waals surface area contributed by atoms with Crippen LogP contribution in [0.1, 0.15) is 57.9 Å². The van der Waals surface area contributed by atoms with Crippen molar-refractivity contribution < 1.29 is 50.7 Å². The molecular formula is C33H44N2O11P2. The summed E-state index contributed by atoms with van der Waals surface area (Å²) in [6.07, 6.45) is 19.2. The fourth-order valence-electron chi connectivity index (χ4n) is 5.84. The van der Waals surface area contributed by atoms with E-state index in [1.807, 2.05) is 35.2 Å². The van der Waals surface area contributed by atoms with E-state index in [1.165, 1.54) is 6.08 Å². The fourth-order valence-corrected chi connectivity index (χ4v) is 7.81. The lowest BCUT2D eigenvalue weighted by Gasteiger charge is -2.31. The molecule has 15 heteroatoms. The Labute approximate surface area is 282 Å². The quantitative estimate of drug-likeness (QED) is 0.0906. The molecule has 0 aliphatic carbocycles. The topological polar surface area (TPSA) is 156 Å². The number of phosphoric acid groups is 2. The zero-order valence-electron chi connectivity index (χ0n) is 27.3. The van der Waals surface area contributed by atoms with Crippen LogP contribution >= 0.6 is 15.6 Å². The number of carbonyl (C=O) groups excluding carboxylic acids is 3. The Bertz CT molecular complexity index is 1410. The van der Waals surface area contributed by atoms with Crippen LogP contribution in [0.2, 0.25) is 0 Å². The molecule has 262 valence electrons. The van der Waals surface area contributed by atoms with Crippen LogP contribution in [-0.4, -0.2) is 67.4 Å². The molecule has 0 saturated carbocycles. The summed E-state index contributed by atoms with van der Waals surface area (Å²) in [6.45, 7) is 4.45. The number of terminal acetylenes is 2. The van der Waals surface area contributed by atoms with E-state index in [2.05, 4.69) is 14.4 Å². The van der Waals surface area contributed by atoms with Crippen molar-refractivity contribution in [2.75, 3.05) is 33.0 Å². The van der Waals surface area contributed by atoms with E-state index >= 15 is 0 Å². The van der Waals surface area contributed by atoms with Crippen LogP contribution in [0, 0.1) is 36.9 Å². The van der Waals surface area contributed by atoms with Crippen LogP contribution in [0.4, 0.5) is 0 Å². The standard InChI is InChI=1S/C33H44N2O11P2/c1-5-41-47(39,42-6-2)45-23-15-10-13-19-28(36)31-30(33(38)34-22-14-16-24-46-48(40,43-7-3)44-8-4)27-20-21-29(37)32(31)35(27)25-26-17-11-9-12-18-26/h3-4,9,11-12,17-18,20-21,27,30-32H,5-6,10,13-16,19,22-25H2,1-2H3,(H,34,38)/t27-,30?,31?,32+/m1/s1. The zero-order valence-corrected chi connectivity index (χ0v) is 29.1. The minimum absolute atomic E-state index is 0.0618. The van der Waals surface area contributed by atoms with Gasteiger partial charge in [0.05, 0.1) is 44.3 Å². The summed E-state index contributed by atoms with van der Waals surface area (Å²) in [4.78, 5) is 42.8. The Morgan fingerprint density at radius 2 is 1.48 bits per heavy atom. The smallest absolute Gasteiger partial charge is 0.356 e. The number of hydrogen-bond donors (Lipinski definition) is 1. The molecule has 2 aliphatic heterocycles. The monoisotopic (exact) mass is 706 g/mol. The maximum absolute atomic E-state index is 13.8. The summed E-state index contributed by atoms with van der Waals surface area (Å²) in [6, 6.07) is 8.34. The Hall–Kier alpha value is -3.25. The molecule has 48 heavy (non-hydrogen) atoms. The molecule has 0 spiro atoms. The van der Waals surface area contributed by atoms with Crippen molar-refractivity contribution in [1.29, 1.82) is 0 Å². The molecule has 4 atom stereocenters. The van der Waals surface area contributed by atoms with Crippen molar-refractivity contribution in [1.82, 2.24) is 10.2 Å². The van der Waals surface area contributed by atoms with Gasteiger partial charge in [-0.05, 0) is 51.2 Å². The number of rotatable bonds is 23. The van der Waals surface area contributed by atoms with Crippen molar-refractivity contribution in [3.05, 3.63) is 48.0 Å². The third kappa shape index (κ3) is 11.1. The molecule has 2 heterocycles. The number of ketones is 2. The lowest BCUT2D eigenvalue weighted by atomic mass is 9.81. The van der Waals surface area contributed by atoms with Gasteiger partial charge in [-0.1, -0.05) is 55.7 Å². The predicted molar refractivity (Wildman–Crippen MR) is 177 cm³/mol. The third-order valence-electron chi connectivity index (χ3n) is 7.81. The molecular weight excluding hydrogens is 662 g/mol. The highest BCUT2D eigenvalue weighted by Crippen LogP contribution is 2.50. The summed E-state index contributed by atoms with van der Waals surface area (Å²) >= 11 is 0. The van der Waals surface area contributed by atoms with E-state index in [-0.39, 0.29) is 56.9 Å². The van der Waals surface area contributed by atoms with Gasteiger partial charge in [-0.2, -0.15) is 0 Å². The maximum atomic E-state index is 13.8. The number of hydrogen-bond acceptors (Lipinski definition) is 12. The van der Waals surface area contributed by atoms with Crippen LogP contribution in [0.3, 0.4) is 0 Å². The normalized spacial score (nSPS) is 20.5. The molecule has 0 radical (unpaired) electrons. The molecule has 1 fully saturated rings. The van der Waals surface area contributed by atoms with Crippen LogP contribution in [0.15, 0.2) is 42.5 Å². The average molecular weight is 707 g/mol. The SMILES string of the molecule is C#COP(=O)(OC#C)OCCCCNC(=O)C1C(C(=O)CCCCCOP(=O)(OCC)OCC)[C@@H]2C(=O)C=C[C@H]1N2Cc1ccccc1. The highest BCUT2D eigenvalue weighted by atomic mass is 31.2. The van der Waals surface area contributed by atoms with Crippen molar-refractivity contribution in [3.8, 4) is 25.1 Å². The summed E-state index contributed by atoms with van der Waals surface area (Å²) in [7, 11) is -7.69. The van der Waals surface area contributed by atoms with Gasteiger partial charge in [0, 0.05) is 25.6 Å². The Kier molecular flexibility index (Phi) is 16.1. The third-order valence-corrected chi connectivity index (χ3v) is 10.6. The minimum Gasteiger partial charge on any atom is -0.356 e. The molecule has 2 bridgehead atoms. The molecule has 1 amide bonds. The van der Waals surface area contributed by atoms with Gasteiger partial charge in [-0.25, -0.2) is 9.13 Å². The Morgan fingerprint density at radius 1 is 0.854 bits per heavy atom. The summed E-state index contributed by atoms with van der Waals surface area (Å²) in [5, 5.41) is 2.91. The van der Waals surface area contributed by atoms with Crippen LogP contribution < -0.4 is 5.32 Å². The number of Topliss-reactive ketones (excluding diaryl/α,β-unsaturated/α-hetero) is 1. The van der Waals surface area contributed by atoms with E-state index in [4.69, 9.17) is 30.9 Å². The van der Waals surface area contributed by atoms with Crippen molar-refractivity contribution in [2.45, 2.75) is 71.0 Å². The number of nitrogens with one attached hydrogen (secondary N) is 1. The second-order valence-corrected chi connectivity index (χ2v) is 14.2. The van der Waals surface area contributed by atoms with Gasteiger partial charge in [0.25, 0.3) is 0 Å². The van der Waals surface area contributed by atoms with Gasteiger partial charge < -0.3 is 14.4 Å². The molecule has 0 aromatic heterocycles. The number of fused-ring (bicyclic) bond motifs is 2. The van der Waals surface area contributed by atoms with E-state index in [9.17, 15) is 23.5 Å². The molecule has 13 nitrogen and oxygen atoms in total. The van der Waals surface area contributed by atoms with Gasteiger partial charge in [0.1, 0.15) is 18.0 Å². The molecule has 1 aromatic carbocycles. The van der Waals surface area contributed by atoms with E-state index in [0.29, 0.717) is 38.6 Å². The highest BCUT2D eigenvalue weighted by molar-refractivity contribution is 7.49. The summed E-state index contributed by atoms with van der Waals surface area (Å²) in [5.41, 5.74) is 0.958. The second-order valence-electron chi connectivity index (χ2n) is 11.0. The fraction of sp³-hybridized carbons (Fsp3) is 0.545. The number of carbonyl (C=O) groups is 3. The second kappa shape index (κ2) is 19.7. The first-order valence-electron chi connectivity index (χ1n) is 16.0. The molecule has 1 aromatic rings. The number of phosphoric ester groups is 2. The van der Waals surface area contributed by atoms with Crippen LogP contribution in [-0.2, 0) is 57.2 Å². The first kappa shape index (κ1) is 39.2. The average Bonchev–Trinajstić information content (AvgIpc) is 3.28. The molecule has 3 rings (SSSR count). The van der Waals surface area contributed by atoms with Gasteiger partial charge in [0.2, 0.25) is 5.91 Å². The first-order chi connectivity index (χ1) is 23.1. The van der Waals surface area contributed by atoms with E-state index in [1.54, 1.807) is 32.1 Å². The molecule has 2 aliphatic rings. The van der Waals surface area contributed by atoms with Gasteiger partial charge >= 0.3 is 15.6 Å². The van der Waals surface area contributed by atoms with Gasteiger partial charge in [-0.3, -0.25) is 37.4 Å². The van der Waals surface area contributed by atoms with Crippen molar-refractivity contribution in [2.24, 2.45) is 11.8 Å². The summed E-state index contributed by atoms with van der Waals surface area (Å²) in [5.74, 6) is -2.35. The molecule has 1 saturated heterocycles. The van der Waals surface area contributed by atoms with E-state index in [0.717, 1.165) is 5.56 Å². The molecule has 1 N–H and O–H groups in total. The van der Waals surface area contributed by atoms with Crippen molar-refractivity contribution in [3.63, 3.8) is 0 Å². The number of amides is 1. The highest BCUT2D eigenvalue weighted by Gasteiger charge is 2.57. The lowest BCUT2D eigenvalue weighted by Crippen LogP contribution is -2.45.